The molecule has 0 radical (unpaired) electrons. The third-order valence-corrected chi connectivity index (χ3v) is 5.04. The van der Waals surface area contributed by atoms with Crippen molar-refractivity contribution in [3.8, 4) is 0 Å². The Bertz CT molecular complexity index is 775. The molecule has 1 atom stereocenters. The van der Waals surface area contributed by atoms with E-state index in [1.165, 1.54) is 11.6 Å². The SMILES string of the molecule is CN=C(NCc1ccc(F)c(C)c1)NCC(c1ccccc1)N1CCOCC1. The summed E-state index contributed by atoms with van der Waals surface area (Å²) in [5, 5.41) is 6.76. The Balaban J connectivity index is 1.61. The molecular formula is C22H29FN4O. The van der Waals surface area contributed by atoms with Crippen LogP contribution >= 0.6 is 0 Å². The second kappa shape index (κ2) is 10.2. The molecule has 1 aliphatic rings. The number of ether oxygens (including phenoxy) is 1. The fourth-order valence-electron chi connectivity index (χ4n) is 3.44. The van der Waals surface area contributed by atoms with Gasteiger partial charge in [-0.1, -0.05) is 42.5 Å². The van der Waals surface area contributed by atoms with E-state index in [0.29, 0.717) is 12.1 Å². The van der Waals surface area contributed by atoms with Crippen LogP contribution in [0, 0.1) is 12.7 Å². The van der Waals surface area contributed by atoms with E-state index in [4.69, 9.17) is 4.74 Å². The molecule has 28 heavy (non-hydrogen) atoms. The summed E-state index contributed by atoms with van der Waals surface area (Å²) in [6.45, 7) is 6.48. The highest BCUT2D eigenvalue weighted by molar-refractivity contribution is 5.79. The van der Waals surface area contributed by atoms with Crippen LogP contribution in [0.2, 0.25) is 0 Å². The summed E-state index contributed by atoms with van der Waals surface area (Å²) in [5.41, 5.74) is 2.95. The normalized spacial score (nSPS) is 16.6. The van der Waals surface area contributed by atoms with Gasteiger partial charge in [0.1, 0.15) is 5.82 Å². The maximum Gasteiger partial charge on any atom is 0.191 e. The quantitative estimate of drug-likeness (QED) is 0.594. The lowest BCUT2D eigenvalue weighted by molar-refractivity contribution is 0.0170. The molecule has 1 aliphatic heterocycles. The van der Waals surface area contributed by atoms with Gasteiger partial charge in [0.2, 0.25) is 0 Å². The minimum Gasteiger partial charge on any atom is -0.379 e. The zero-order chi connectivity index (χ0) is 19.8. The van der Waals surface area contributed by atoms with Crippen molar-refractivity contribution in [1.29, 1.82) is 0 Å². The van der Waals surface area contributed by atoms with E-state index in [9.17, 15) is 4.39 Å². The molecule has 0 aromatic heterocycles. The van der Waals surface area contributed by atoms with E-state index >= 15 is 0 Å². The van der Waals surface area contributed by atoms with Gasteiger partial charge in [-0.2, -0.15) is 0 Å². The largest absolute Gasteiger partial charge is 0.379 e. The summed E-state index contributed by atoms with van der Waals surface area (Å²) < 4.78 is 19.0. The van der Waals surface area contributed by atoms with Gasteiger partial charge in [-0.05, 0) is 29.7 Å². The monoisotopic (exact) mass is 384 g/mol. The van der Waals surface area contributed by atoms with Crippen LogP contribution in [-0.2, 0) is 11.3 Å². The fraction of sp³-hybridized carbons (Fsp3) is 0.409. The first-order chi connectivity index (χ1) is 13.7. The molecule has 0 amide bonds. The second-order valence-corrected chi connectivity index (χ2v) is 6.97. The second-order valence-electron chi connectivity index (χ2n) is 6.97. The number of nitrogens with zero attached hydrogens (tertiary/aromatic N) is 2. The third-order valence-electron chi connectivity index (χ3n) is 5.04. The van der Waals surface area contributed by atoms with Crippen molar-refractivity contribution in [3.05, 3.63) is 71.0 Å². The molecule has 1 heterocycles. The highest BCUT2D eigenvalue weighted by atomic mass is 19.1. The highest BCUT2D eigenvalue weighted by Crippen LogP contribution is 2.21. The average molecular weight is 384 g/mol. The first kappa shape index (κ1) is 20.3. The molecule has 1 fully saturated rings. The molecule has 0 aliphatic carbocycles. The maximum absolute atomic E-state index is 13.4. The first-order valence-corrected chi connectivity index (χ1v) is 9.73. The number of aryl methyl sites for hydroxylation is 1. The number of nitrogens with one attached hydrogen (secondary N) is 2. The lowest BCUT2D eigenvalue weighted by atomic mass is 10.0. The van der Waals surface area contributed by atoms with E-state index in [1.807, 2.05) is 12.1 Å². The predicted molar refractivity (Wildman–Crippen MR) is 111 cm³/mol. The van der Waals surface area contributed by atoms with Crippen molar-refractivity contribution in [3.63, 3.8) is 0 Å². The van der Waals surface area contributed by atoms with Crippen molar-refractivity contribution in [2.24, 2.45) is 4.99 Å². The molecule has 0 saturated carbocycles. The number of hydrogen-bond donors (Lipinski definition) is 2. The van der Waals surface area contributed by atoms with Gasteiger partial charge in [-0.3, -0.25) is 9.89 Å². The van der Waals surface area contributed by atoms with Crippen LogP contribution in [0.15, 0.2) is 53.5 Å². The predicted octanol–water partition coefficient (Wildman–Crippen LogP) is 2.87. The van der Waals surface area contributed by atoms with Gasteiger partial charge in [-0.25, -0.2) is 4.39 Å². The molecule has 2 aromatic rings. The Labute approximate surface area is 166 Å². The van der Waals surface area contributed by atoms with Crippen molar-refractivity contribution >= 4 is 5.96 Å². The molecule has 0 spiro atoms. The zero-order valence-electron chi connectivity index (χ0n) is 16.6. The van der Waals surface area contributed by atoms with Gasteiger partial charge in [0.05, 0.1) is 19.3 Å². The van der Waals surface area contributed by atoms with E-state index in [2.05, 4.69) is 44.8 Å². The zero-order valence-corrected chi connectivity index (χ0v) is 16.6. The van der Waals surface area contributed by atoms with Gasteiger partial charge in [0, 0.05) is 33.2 Å². The molecular weight excluding hydrogens is 355 g/mol. The molecule has 0 bridgehead atoms. The lowest BCUT2D eigenvalue weighted by Crippen LogP contribution is -2.46. The summed E-state index contributed by atoms with van der Waals surface area (Å²) in [7, 11) is 1.76. The Morgan fingerprint density at radius 3 is 2.57 bits per heavy atom. The van der Waals surface area contributed by atoms with Gasteiger partial charge in [0.25, 0.3) is 0 Å². The Hall–Kier alpha value is -2.44. The van der Waals surface area contributed by atoms with E-state index in [-0.39, 0.29) is 11.9 Å². The minimum atomic E-state index is -0.178. The highest BCUT2D eigenvalue weighted by Gasteiger charge is 2.22. The van der Waals surface area contributed by atoms with Crippen molar-refractivity contribution in [1.82, 2.24) is 15.5 Å². The van der Waals surface area contributed by atoms with E-state index in [0.717, 1.165) is 44.4 Å². The summed E-state index contributed by atoms with van der Waals surface area (Å²) >= 11 is 0. The van der Waals surface area contributed by atoms with E-state index < -0.39 is 0 Å². The minimum absolute atomic E-state index is 0.178. The van der Waals surface area contributed by atoms with Crippen molar-refractivity contribution < 1.29 is 9.13 Å². The molecule has 6 heteroatoms. The first-order valence-electron chi connectivity index (χ1n) is 9.73. The molecule has 3 rings (SSSR count). The summed E-state index contributed by atoms with van der Waals surface area (Å²) in [6.07, 6.45) is 0. The van der Waals surface area contributed by atoms with Gasteiger partial charge in [-0.15, -0.1) is 0 Å². The van der Waals surface area contributed by atoms with Crippen LogP contribution in [0.4, 0.5) is 4.39 Å². The molecule has 2 N–H and O–H groups in total. The smallest absolute Gasteiger partial charge is 0.191 e. The van der Waals surface area contributed by atoms with Crippen LogP contribution in [0.1, 0.15) is 22.7 Å². The summed E-state index contributed by atoms with van der Waals surface area (Å²) in [6, 6.07) is 15.9. The Kier molecular flexibility index (Phi) is 7.39. The van der Waals surface area contributed by atoms with Crippen molar-refractivity contribution in [2.45, 2.75) is 19.5 Å². The Morgan fingerprint density at radius 1 is 1.14 bits per heavy atom. The van der Waals surface area contributed by atoms with Crippen LogP contribution in [0.3, 0.4) is 0 Å². The molecule has 2 aromatic carbocycles. The number of aliphatic imine (C=N–C) groups is 1. The fourth-order valence-corrected chi connectivity index (χ4v) is 3.44. The summed E-state index contributed by atoms with van der Waals surface area (Å²) in [4.78, 5) is 6.78. The Morgan fingerprint density at radius 2 is 1.89 bits per heavy atom. The van der Waals surface area contributed by atoms with E-state index in [1.54, 1.807) is 20.0 Å². The number of halogens is 1. The average Bonchev–Trinajstić information content (AvgIpc) is 2.74. The van der Waals surface area contributed by atoms with Gasteiger partial charge >= 0.3 is 0 Å². The van der Waals surface area contributed by atoms with Crippen LogP contribution in [0.25, 0.3) is 0 Å². The molecule has 150 valence electrons. The molecule has 5 nitrogen and oxygen atoms in total. The molecule has 1 saturated heterocycles. The van der Waals surface area contributed by atoms with Gasteiger partial charge in [0.15, 0.2) is 5.96 Å². The number of hydrogen-bond acceptors (Lipinski definition) is 3. The molecule has 1 unspecified atom stereocenters. The number of benzene rings is 2. The van der Waals surface area contributed by atoms with Crippen LogP contribution in [-0.4, -0.2) is 50.8 Å². The van der Waals surface area contributed by atoms with Crippen LogP contribution in [0.5, 0.6) is 0 Å². The standard InChI is InChI=1S/C22H29FN4O/c1-17-14-18(8-9-20(17)23)15-25-22(24-2)26-16-21(19-6-4-3-5-7-19)27-10-12-28-13-11-27/h3-9,14,21H,10-13,15-16H2,1-2H3,(H2,24,25,26). The topological polar surface area (TPSA) is 48.9 Å². The van der Waals surface area contributed by atoms with Gasteiger partial charge < -0.3 is 15.4 Å². The van der Waals surface area contributed by atoms with Crippen molar-refractivity contribution in [2.75, 3.05) is 39.9 Å². The third kappa shape index (κ3) is 5.53. The van der Waals surface area contributed by atoms with Crippen LogP contribution < -0.4 is 10.6 Å². The lowest BCUT2D eigenvalue weighted by Gasteiger charge is -2.35. The number of morpholine rings is 1. The number of rotatable bonds is 6. The maximum atomic E-state index is 13.4. The summed E-state index contributed by atoms with van der Waals surface area (Å²) in [5.74, 6) is 0.554. The number of guanidine groups is 1.